The summed E-state index contributed by atoms with van der Waals surface area (Å²) in [5.74, 6) is 0.0869. The summed E-state index contributed by atoms with van der Waals surface area (Å²) in [4.78, 5) is 28.0. The van der Waals surface area contributed by atoms with Crippen molar-refractivity contribution < 1.29 is 9.59 Å². The summed E-state index contributed by atoms with van der Waals surface area (Å²) in [6.07, 6.45) is 4.93. The molecule has 4 nitrogen and oxygen atoms in total. The van der Waals surface area contributed by atoms with Crippen molar-refractivity contribution in [2.45, 2.75) is 46.0 Å². The van der Waals surface area contributed by atoms with Gasteiger partial charge in [-0.1, -0.05) is 24.4 Å². The Balaban J connectivity index is 2.02. The molecule has 1 heterocycles. The molecule has 1 fully saturated rings. The Morgan fingerprint density at radius 2 is 1.83 bits per heavy atom. The highest BCUT2D eigenvalue weighted by atomic mass is 35.5. The number of likely N-dealkylation sites (tertiary alicyclic amines) is 1. The molecule has 1 aromatic rings. The van der Waals surface area contributed by atoms with Crippen LogP contribution in [0.1, 0.15) is 44.6 Å². The van der Waals surface area contributed by atoms with Crippen LogP contribution in [0.4, 0.5) is 5.69 Å². The second-order valence-corrected chi connectivity index (χ2v) is 6.58. The van der Waals surface area contributed by atoms with Gasteiger partial charge in [0.25, 0.3) is 0 Å². The molecule has 0 spiro atoms. The van der Waals surface area contributed by atoms with Crippen molar-refractivity contribution in [1.29, 1.82) is 0 Å². The van der Waals surface area contributed by atoms with Gasteiger partial charge < -0.3 is 9.80 Å². The van der Waals surface area contributed by atoms with Gasteiger partial charge in [-0.05, 0) is 43.5 Å². The zero-order valence-corrected chi connectivity index (χ0v) is 14.7. The van der Waals surface area contributed by atoms with Gasteiger partial charge in [-0.2, -0.15) is 0 Å². The molecule has 126 valence electrons. The predicted molar refractivity (Wildman–Crippen MR) is 93.9 cm³/mol. The van der Waals surface area contributed by atoms with Crippen molar-refractivity contribution in [2.24, 2.45) is 0 Å². The summed E-state index contributed by atoms with van der Waals surface area (Å²) in [5.41, 5.74) is 1.76. The second-order valence-electron chi connectivity index (χ2n) is 6.15. The van der Waals surface area contributed by atoms with E-state index in [1.54, 1.807) is 11.0 Å². The smallest absolute Gasteiger partial charge is 0.224 e. The Kier molecular flexibility index (Phi) is 6.46. The van der Waals surface area contributed by atoms with Gasteiger partial charge in [0.05, 0.1) is 0 Å². The molecular weight excluding hydrogens is 312 g/mol. The van der Waals surface area contributed by atoms with Crippen LogP contribution in [0.15, 0.2) is 18.2 Å². The summed E-state index contributed by atoms with van der Waals surface area (Å²) in [6, 6.07) is 5.45. The molecule has 2 amide bonds. The number of rotatable bonds is 4. The van der Waals surface area contributed by atoms with Gasteiger partial charge in [-0.3, -0.25) is 9.59 Å². The lowest BCUT2D eigenvalue weighted by atomic mass is 10.1. The molecule has 0 aliphatic carbocycles. The van der Waals surface area contributed by atoms with Crippen molar-refractivity contribution in [3.05, 3.63) is 28.8 Å². The first-order valence-corrected chi connectivity index (χ1v) is 8.69. The van der Waals surface area contributed by atoms with Crippen molar-refractivity contribution in [1.82, 2.24) is 4.90 Å². The van der Waals surface area contributed by atoms with E-state index in [9.17, 15) is 9.59 Å². The summed E-state index contributed by atoms with van der Waals surface area (Å²) < 4.78 is 0. The summed E-state index contributed by atoms with van der Waals surface area (Å²) in [5, 5.41) is 0.649. The van der Waals surface area contributed by atoms with E-state index < -0.39 is 0 Å². The Morgan fingerprint density at radius 3 is 2.39 bits per heavy atom. The molecule has 1 aromatic carbocycles. The van der Waals surface area contributed by atoms with E-state index in [0.29, 0.717) is 18.0 Å². The molecular formula is C18H25ClN2O2. The van der Waals surface area contributed by atoms with E-state index in [1.807, 2.05) is 24.0 Å². The minimum atomic E-state index is -0.0564. The molecule has 23 heavy (non-hydrogen) atoms. The quantitative estimate of drug-likeness (QED) is 0.839. The molecule has 0 radical (unpaired) electrons. The number of amides is 2. The van der Waals surface area contributed by atoms with Gasteiger partial charge >= 0.3 is 0 Å². The maximum atomic E-state index is 12.4. The van der Waals surface area contributed by atoms with Crippen LogP contribution in [0.2, 0.25) is 5.02 Å². The van der Waals surface area contributed by atoms with Crippen LogP contribution in [0.5, 0.6) is 0 Å². The molecule has 0 N–H and O–H groups in total. The highest BCUT2D eigenvalue weighted by Gasteiger charge is 2.19. The van der Waals surface area contributed by atoms with E-state index in [-0.39, 0.29) is 11.8 Å². The Hall–Kier alpha value is -1.55. The molecule has 2 rings (SSSR count). The zero-order valence-electron chi connectivity index (χ0n) is 14.0. The van der Waals surface area contributed by atoms with E-state index in [2.05, 4.69) is 0 Å². The Morgan fingerprint density at radius 1 is 1.17 bits per heavy atom. The second kappa shape index (κ2) is 8.34. The third-order valence-corrected chi connectivity index (χ3v) is 4.57. The van der Waals surface area contributed by atoms with E-state index in [0.717, 1.165) is 37.2 Å². The van der Waals surface area contributed by atoms with Crippen LogP contribution in [-0.2, 0) is 9.59 Å². The van der Waals surface area contributed by atoms with Crippen LogP contribution in [0.25, 0.3) is 0 Å². The van der Waals surface area contributed by atoms with E-state index >= 15 is 0 Å². The van der Waals surface area contributed by atoms with Gasteiger partial charge in [-0.25, -0.2) is 0 Å². The molecule has 1 aliphatic heterocycles. The maximum absolute atomic E-state index is 12.4. The molecule has 0 saturated carbocycles. The summed E-state index contributed by atoms with van der Waals surface area (Å²) >= 11 is 5.98. The number of anilines is 1. The van der Waals surface area contributed by atoms with Crippen LogP contribution < -0.4 is 4.90 Å². The van der Waals surface area contributed by atoms with Crippen LogP contribution >= 0.6 is 11.6 Å². The maximum Gasteiger partial charge on any atom is 0.224 e. The topological polar surface area (TPSA) is 40.6 Å². The number of benzene rings is 1. The largest absolute Gasteiger partial charge is 0.343 e. The third kappa shape index (κ3) is 4.96. The molecule has 5 heteroatoms. The normalized spacial score (nSPS) is 15.2. The number of carbonyl (C=O) groups excluding carboxylic acids is 2. The standard InChI is InChI=1S/C18H25ClN2O2/c1-14-13-16(19)7-8-17(14)21(15(2)22)12-9-18(23)20-10-5-3-4-6-11-20/h7-8,13H,3-6,9-12H2,1-2H3. The lowest BCUT2D eigenvalue weighted by Crippen LogP contribution is -2.37. The van der Waals surface area contributed by atoms with Crippen LogP contribution in [-0.4, -0.2) is 36.3 Å². The summed E-state index contributed by atoms with van der Waals surface area (Å²) in [6.45, 7) is 5.56. The minimum absolute atomic E-state index is 0.0564. The van der Waals surface area contributed by atoms with E-state index in [1.165, 1.54) is 19.8 Å². The fourth-order valence-electron chi connectivity index (χ4n) is 3.05. The van der Waals surface area contributed by atoms with Crippen molar-refractivity contribution in [3.8, 4) is 0 Å². The monoisotopic (exact) mass is 336 g/mol. The molecule has 0 atom stereocenters. The number of aryl methyl sites for hydroxylation is 1. The van der Waals surface area contributed by atoms with Gasteiger partial charge in [0.2, 0.25) is 11.8 Å². The molecule has 0 bridgehead atoms. The van der Waals surface area contributed by atoms with Gasteiger partial charge in [0, 0.05) is 43.7 Å². The van der Waals surface area contributed by atoms with Gasteiger partial charge in [-0.15, -0.1) is 0 Å². The molecule has 0 aromatic heterocycles. The minimum Gasteiger partial charge on any atom is -0.343 e. The first-order chi connectivity index (χ1) is 11.0. The fourth-order valence-corrected chi connectivity index (χ4v) is 3.28. The van der Waals surface area contributed by atoms with Crippen LogP contribution in [0.3, 0.4) is 0 Å². The van der Waals surface area contributed by atoms with Crippen molar-refractivity contribution >= 4 is 29.1 Å². The Labute approximate surface area is 143 Å². The number of halogens is 1. The highest BCUT2D eigenvalue weighted by Crippen LogP contribution is 2.24. The first kappa shape index (κ1) is 17.8. The number of hydrogen-bond acceptors (Lipinski definition) is 2. The zero-order chi connectivity index (χ0) is 16.8. The number of carbonyl (C=O) groups is 2. The van der Waals surface area contributed by atoms with Crippen molar-refractivity contribution in [3.63, 3.8) is 0 Å². The van der Waals surface area contributed by atoms with Crippen LogP contribution in [0, 0.1) is 6.92 Å². The number of nitrogens with zero attached hydrogens (tertiary/aromatic N) is 2. The summed E-state index contributed by atoms with van der Waals surface area (Å²) in [7, 11) is 0. The Bertz CT molecular complexity index is 566. The number of hydrogen-bond donors (Lipinski definition) is 0. The predicted octanol–water partition coefficient (Wildman–Crippen LogP) is 3.79. The van der Waals surface area contributed by atoms with Crippen molar-refractivity contribution in [2.75, 3.05) is 24.5 Å². The molecule has 0 unspecified atom stereocenters. The lowest BCUT2D eigenvalue weighted by molar-refractivity contribution is -0.131. The highest BCUT2D eigenvalue weighted by molar-refractivity contribution is 6.30. The van der Waals surface area contributed by atoms with E-state index in [4.69, 9.17) is 11.6 Å². The SMILES string of the molecule is CC(=O)N(CCC(=O)N1CCCCCC1)c1ccc(Cl)cc1C. The first-order valence-electron chi connectivity index (χ1n) is 8.31. The molecule has 1 saturated heterocycles. The molecule has 1 aliphatic rings. The van der Waals surface area contributed by atoms with Gasteiger partial charge in [0.1, 0.15) is 0 Å². The third-order valence-electron chi connectivity index (χ3n) is 4.34. The average Bonchev–Trinajstić information content (AvgIpc) is 2.78. The lowest BCUT2D eigenvalue weighted by Gasteiger charge is -2.25. The van der Waals surface area contributed by atoms with Gasteiger partial charge in [0.15, 0.2) is 0 Å². The average molecular weight is 337 g/mol. The fraction of sp³-hybridized carbons (Fsp3) is 0.556.